The van der Waals surface area contributed by atoms with Crippen molar-refractivity contribution in [3.8, 4) is 10.4 Å². The summed E-state index contributed by atoms with van der Waals surface area (Å²) in [6.07, 6.45) is 8.12. The van der Waals surface area contributed by atoms with Crippen LogP contribution in [0.2, 0.25) is 0 Å². The Morgan fingerprint density at radius 2 is 1.40 bits per heavy atom. The third kappa shape index (κ3) is 13.9. The van der Waals surface area contributed by atoms with E-state index in [-0.39, 0.29) is 66.9 Å². The fourth-order valence-corrected chi connectivity index (χ4v) is 11.8. The van der Waals surface area contributed by atoms with Crippen molar-refractivity contribution in [1.29, 1.82) is 0 Å². The Kier molecular flexibility index (Phi) is 18.5. The maximum absolute atomic E-state index is 14.0. The number of likely N-dealkylation sites (tertiary alicyclic amines) is 1. The molecular formula is C60H77N9O7S. The molecule has 410 valence electrons. The van der Waals surface area contributed by atoms with Crippen LogP contribution in [-0.4, -0.2) is 110 Å². The van der Waals surface area contributed by atoms with Gasteiger partial charge in [0, 0.05) is 89.6 Å². The number of benzene rings is 3. The van der Waals surface area contributed by atoms with E-state index in [4.69, 9.17) is 0 Å². The van der Waals surface area contributed by atoms with Crippen LogP contribution in [-0.2, 0) is 50.9 Å². The number of nitrogens with zero attached hydrogens (tertiary/aromatic N) is 5. The van der Waals surface area contributed by atoms with Gasteiger partial charge in [-0.15, -0.1) is 11.3 Å². The fourth-order valence-electron chi connectivity index (χ4n) is 10.9. The zero-order valence-electron chi connectivity index (χ0n) is 45.7. The van der Waals surface area contributed by atoms with E-state index < -0.39 is 23.6 Å². The third-order valence-electron chi connectivity index (χ3n) is 15.5. The van der Waals surface area contributed by atoms with Crippen molar-refractivity contribution in [2.45, 2.75) is 155 Å². The van der Waals surface area contributed by atoms with Gasteiger partial charge >= 0.3 is 0 Å². The molecule has 0 bridgehead atoms. The molecule has 8 rings (SSSR count). The first-order valence-electron chi connectivity index (χ1n) is 27.4. The fraction of sp³-hybridized carbons (Fsp3) is 0.483. The number of aliphatic hydroxyl groups is 1. The highest BCUT2D eigenvalue weighted by atomic mass is 32.1. The Labute approximate surface area is 457 Å². The normalized spacial score (nSPS) is 17.3. The summed E-state index contributed by atoms with van der Waals surface area (Å²) in [5.74, 6) is -1.13. The topological polar surface area (TPSA) is 198 Å². The molecule has 16 nitrogen and oxygen atoms in total. The molecule has 4 heterocycles. The molecule has 3 aliphatic rings. The van der Waals surface area contributed by atoms with Gasteiger partial charge < -0.3 is 40.7 Å². The van der Waals surface area contributed by atoms with Crippen LogP contribution in [0.1, 0.15) is 147 Å². The summed E-state index contributed by atoms with van der Waals surface area (Å²) in [5.41, 5.74) is 9.34. The predicted octanol–water partition coefficient (Wildman–Crippen LogP) is 8.32. The average molecular weight is 1070 g/mol. The van der Waals surface area contributed by atoms with E-state index in [1.54, 1.807) is 30.3 Å². The predicted molar refractivity (Wildman–Crippen MR) is 300 cm³/mol. The molecule has 1 aliphatic carbocycles. The van der Waals surface area contributed by atoms with Crippen LogP contribution in [0.25, 0.3) is 10.4 Å². The number of fused-ring (bicyclic) bond motifs is 2. The van der Waals surface area contributed by atoms with E-state index in [0.29, 0.717) is 36.3 Å². The first kappa shape index (κ1) is 56.5. The van der Waals surface area contributed by atoms with Crippen LogP contribution in [0.5, 0.6) is 0 Å². The molecular weight excluding hydrogens is 991 g/mol. The molecule has 0 unspecified atom stereocenters. The van der Waals surface area contributed by atoms with Crippen molar-refractivity contribution in [3.63, 3.8) is 0 Å². The van der Waals surface area contributed by atoms with Crippen molar-refractivity contribution in [3.05, 3.63) is 130 Å². The summed E-state index contributed by atoms with van der Waals surface area (Å²) in [4.78, 5) is 90.5. The van der Waals surface area contributed by atoms with Gasteiger partial charge in [-0.25, -0.2) is 4.98 Å². The number of hydrogen-bond donors (Lipinski definition) is 5. The number of aromatic nitrogens is 2. The van der Waals surface area contributed by atoms with Crippen LogP contribution in [0.15, 0.2) is 90.4 Å². The lowest BCUT2D eigenvalue weighted by atomic mass is 9.71. The molecule has 77 heavy (non-hydrogen) atoms. The van der Waals surface area contributed by atoms with Gasteiger partial charge in [0.2, 0.25) is 23.6 Å². The maximum Gasteiger partial charge on any atom is 0.268 e. The molecule has 1 saturated heterocycles. The number of carbonyl (C=O) groups is 6. The van der Waals surface area contributed by atoms with Gasteiger partial charge in [-0.1, -0.05) is 95.0 Å². The summed E-state index contributed by atoms with van der Waals surface area (Å²) in [7, 11) is 3.52. The Bertz CT molecular complexity index is 2870. The first-order chi connectivity index (χ1) is 36.9. The number of aliphatic hydroxyl groups excluding tert-OH is 1. The summed E-state index contributed by atoms with van der Waals surface area (Å²) >= 11 is 1.58. The molecule has 2 aliphatic heterocycles. The second kappa shape index (κ2) is 25.2. The molecule has 0 radical (unpaired) electrons. The van der Waals surface area contributed by atoms with Crippen LogP contribution in [0.4, 0.5) is 5.69 Å². The molecule has 6 amide bonds. The second-order valence-corrected chi connectivity index (χ2v) is 23.3. The molecule has 2 fully saturated rings. The number of aryl methyl sites for hydroxylation is 1. The first-order valence-corrected chi connectivity index (χ1v) is 28.3. The highest BCUT2D eigenvalue weighted by Crippen LogP contribution is 2.49. The largest absolute Gasteiger partial charge is 0.391 e. The Hall–Kier alpha value is -6.69. The van der Waals surface area contributed by atoms with E-state index in [0.717, 1.165) is 98.3 Å². The van der Waals surface area contributed by atoms with E-state index in [1.807, 2.05) is 112 Å². The van der Waals surface area contributed by atoms with Gasteiger partial charge in [0.1, 0.15) is 17.8 Å². The molecule has 3 atom stereocenters. The number of amides is 6. The van der Waals surface area contributed by atoms with Gasteiger partial charge in [0.25, 0.3) is 11.8 Å². The molecule has 5 aromatic rings. The number of unbranched alkanes of at least 4 members (excludes halogenated alkanes) is 5. The molecule has 1 spiro atoms. The third-order valence-corrected chi connectivity index (χ3v) is 16.5. The van der Waals surface area contributed by atoms with Crippen LogP contribution in [0, 0.1) is 12.3 Å². The Morgan fingerprint density at radius 3 is 2.01 bits per heavy atom. The number of β-amino-alcohol motifs (C(OH)–C–C–N with tert-alkyl or cyclic N) is 1. The van der Waals surface area contributed by atoms with Crippen LogP contribution < -0.4 is 21.3 Å². The summed E-state index contributed by atoms with van der Waals surface area (Å²) in [6.45, 7) is 10.6. The van der Waals surface area contributed by atoms with Crippen LogP contribution >= 0.6 is 11.3 Å². The monoisotopic (exact) mass is 1070 g/mol. The van der Waals surface area contributed by atoms with Gasteiger partial charge in [-0.3, -0.25) is 33.7 Å². The highest BCUT2D eigenvalue weighted by Gasteiger charge is 2.49. The minimum absolute atomic E-state index is 0.00846. The van der Waals surface area contributed by atoms with Crippen molar-refractivity contribution in [2.24, 2.45) is 5.41 Å². The van der Waals surface area contributed by atoms with E-state index in [2.05, 4.69) is 41.8 Å². The lowest BCUT2D eigenvalue weighted by molar-refractivity contribution is -0.144. The molecule has 3 aromatic carbocycles. The maximum atomic E-state index is 14.0. The number of thiazole rings is 1. The van der Waals surface area contributed by atoms with Gasteiger partial charge in [-0.2, -0.15) is 0 Å². The lowest BCUT2D eigenvalue weighted by Crippen LogP contribution is -2.57. The van der Waals surface area contributed by atoms with Crippen LogP contribution in [0.3, 0.4) is 0 Å². The van der Waals surface area contributed by atoms with Gasteiger partial charge in [0.15, 0.2) is 0 Å². The zero-order valence-corrected chi connectivity index (χ0v) is 46.5. The lowest BCUT2D eigenvalue weighted by Gasteiger charge is -2.53. The van der Waals surface area contributed by atoms with Crippen molar-refractivity contribution in [1.82, 2.24) is 40.2 Å². The summed E-state index contributed by atoms with van der Waals surface area (Å²) < 4.78 is 2.19. The number of rotatable bonds is 22. The highest BCUT2D eigenvalue weighted by molar-refractivity contribution is 7.13. The minimum Gasteiger partial charge on any atom is -0.391 e. The van der Waals surface area contributed by atoms with Gasteiger partial charge in [0.05, 0.1) is 27.7 Å². The standard InChI is InChI=1S/C60H77N9O7S/c1-40-53(77-39-63-40)44-22-16-41(17-23-44)35-62-56(74)49-34-47(70)38-69(49)58(76)54(59(2,3)4)65-52(72)15-12-10-8-7-9-11-14-51(71)64-46-26-20-42(21-27-46)36-61-55(73)48-28-29-50-60(30-13-31-60)67(32-33-68(48)50)37-43-18-24-45(25-19-43)57(75)66(5)6/h16-29,39,47,49,54,70H,7-15,30-38H2,1-6H3,(H,61,73)(H,62,74)(H,64,71)(H,65,72)/t47-,49+,54-/m1/s1. The average Bonchev–Trinajstić information content (AvgIpc) is 4.33. The number of hydrogen-bond acceptors (Lipinski definition) is 10. The SMILES string of the molecule is Cc1ncsc1-c1ccc(CNC(=O)[C@@H]2C[C@@H](O)CN2C(=O)[C@@H](NC(=O)CCCCCCCCC(=O)Nc2ccc(CNC(=O)c3ccc4n3CCN(Cc3ccc(C(=O)N(C)C)cc3)C43CCC3)cc2)C(C)(C)C)cc1. The Balaban J connectivity index is 0.700. The van der Waals surface area contributed by atoms with E-state index in [1.165, 1.54) is 16.2 Å². The van der Waals surface area contributed by atoms with E-state index >= 15 is 0 Å². The number of carbonyl (C=O) groups excluding carboxylic acids is 6. The van der Waals surface area contributed by atoms with Crippen molar-refractivity contribution >= 4 is 52.5 Å². The van der Waals surface area contributed by atoms with Crippen molar-refractivity contribution in [2.75, 3.05) is 32.5 Å². The minimum atomic E-state index is -0.878. The summed E-state index contributed by atoms with van der Waals surface area (Å²) in [6, 6.07) is 25.7. The Morgan fingerprint density at radius 1 is 0.779 bits per heavy atom. The molecule has 1 saturated carbocycles. The number of anilines is 1. The molecule has 5 N–H and O–H groups in total. The second-order valence-electron chi connectivity index (χ2n) is 22.5. The molecule has 2 aromatic heterocycles. The quantitative estimate of drug-likeness (QED) is 0.0423. The van der Waals surface area contributed by atoms with Crippen molar-refractivity contribution < 1.29 is 33.9 Å². The van der Waals surface area contributed by atoms with E-state index in [9.17, 15) is 33.9 Å². The van der Waals surface area contributed by atoms with Gasteiger partial charge in [-0.05, 0) is 103 Å². The molecule has 17 heteroatoms. The smallest absolute Gasteiger partial charge is 0.268 e. The summed E-state index contributed by atoms with van der Waals surface area (Å²) in [5, 5.41) is 22.6. The zero-order chi connectivity index (χ0) is 54.9. The number of nitrogens with one attached hydrogen (secondary N) is 4.